The average Bonchev–Trinajstić information content (AvgIpc) is 2.91. The van der Waals surface area contributed by atoms with Gasteiger partial charge in [-0.1, -0.05) is 0 Å². The lowest BCUT2D eigenvalue weighted by atomic mass is 10.2. The Morgan fingerprint density at radius 2 is 2.15 bits per heavy atom. The van der Waals surface area contributed by atoms with Crippen molar-refractivity contribution in [2.45, 2.75) is 12.5 Å². The molecule has 7 heteroatoms. The summed E-state index contributed by atoms with van der Waals surface area (Å²) in [6.45, 7) is 3.50. The van der Waals surface area contributed by atoms with Crippen LogP contribution >= 0.6 is 0 Å². The Kier molecular flexibility index (Phi) is 4.97. The fourth-order valence-corrected chi connectivity index (χ4v) is 2.37. The number of anilines is 1. The number of carbonyl (C=O) groups excluding carboxylic acids is 1. The van der Waals surface area contributed by atoms with Crippen LogP contribution in [0.25, 0.3) is 0 Å². The molecule has 1 fully saturated rings. The Labute approximate surface area is 119 Å². The van der Waals surface area contributed by atoms with Crippen molar-refractivity contribution in [3.05, 3.63) is 12.4 Å². The lowest BCUT2D eigenvalue weighted by molar-refractivity contribution is -0.133. The summed E-state index contributed by atoms with van der Waals surface area (Å²) in [7, 11) is 3.49. The number of methoxy groups -OCH3 is 1. The SMILES string of the molecule is COC(CN)CC(=O)N1CCN(c2cnn(C)c2)CC1. The van der Waals surface area contributed by atoms with Gasteiger partial charge in [0.05, 0.1) is 24.4 Å². The zero-order chi connectivity index (χ0) is 14.5. The number of carbonyl (C=O) groups is 1. The summed E-state index contributed by atoms with van der Waals surface area (Å²) in [6.07, 6.45) is 4.03. The summed E-state index contributed by atoms with van der Waals surface area (Å²) in [5.74, 6) is 0.119. The van der Waals surface area contributed by atoms with Crippen LogP contribution in [0.5, 0.6) is 0 Å². The number of amides is 1. The van der Waals surface area contributed by atoms with Crippen molar-refractivity contribution < 1.29 is 9.53 Å². The first-order valence-corrected chi connectivity index (χ1v) is 6.88. The van der Waals surface area contributed by atoms with Crippen LogP contribution in [0.1, 0.15) is 6.42 Å². The van der Waals surface area contributed by atoms with E-state index in [1.165, 1.54) is 0 Å². The fourth-order valence-electron chi connectivity index (χ4n) is 2.37. The molecule has 1 unspecified atom stereocenters. The first-order chi connectivity index (χ1) is 9.63. The molecule has 1 amide bonds. The van der Waals surface area contributed by atoms with Gasteiger partial charge in [0, 0.05) is 53.1 Å². The Morgan fingerprint density at radius 1 is 1.45 bits per heavy atom. The Hall–Kier alpha value is -1.60. The maximum atomic E-state index is 12.1. The van der Waals surface area contributed by atoms with Crippen molar-refractivity contribution in [2.75, 3.05) is 44.7 Å². The highest BCUT2D eigenvalue weighted by atomic mass is 16.5. The largest absolute Gasteiger partial charge is 0.380 e. The van der Waals surface area contributed by atoms with Crippen LogP contribution in [-0.2, 0) is 16.6 Å². The van der Waals surface area contributed by atoms with Crippen LogP contribution in [-0.4, -0.2) is 66.5 Å². The van der Waals surface area contributed by atoms with E-state index in [0.717, 1.165) is 31.9 Å². The van der Waals surface area contributed by atoms with Gasteiger partial charge in [-0.3, -0.25) is 9.48 Å². The predicted octanol–water partition coefficient (Wildman–Crippen LogP) is -0.567. The molecule has 1 aliphatic heterocycles. The van der Waals surface area contributed by atoms with Gasteiger partial charge in [0.25, 0.3) is 0 Å². The molecule has 1 aromatic heterocycles. The van der Waals surface area contributed by atoms with E-state index in [-0.39, 0.29) is 12.0 Å². The van der Waals surface area contributed by atoms with Gasteiger partial charge < -0.3 is 20.3 Å². The van der Waals surface area contributed by atoms with Crippen LogP contribution in [0.3, 0.4) is 0 Å². The zero-order valence-corrected chi connectivity index (χ0v) is 12.2. The summed E-state index contributed by atoms with van der Waals surface area (Å²) in [4.78, 5) is 16.3. The fraction of sp³-hybridized carbons (Fsp3) is 0.692. The highest BCUT2D eigenvalue weighted by Crippen LogP contribution is 2.15. The van der Waals surface area contributed by atoms with Gasteiger partial charge >= 0.3 is 0 Å². The Morgan fingerprint density at radius 3 is 2.65 bits per heavy atom. The van der Waals surface area contributed by atoms with E-state index in [1.54, 1.807) is 11.8 Å². The van der Waals surface area contributed by atoms with Crippen molar-refractivity contribution in [3.8, 4) is 0 Å². The number of nitrogens with zero attached hydrogens (tertiary/aromatic N) is 4. The number of aryl methyl sites for hydroxylation is 1. The molecule has 7 nitrogen and oxygen atoms in total. The van der Waals surface area contributed by atoms with Gasteiger partial charge in [0.15, 0.2) is 0 Å². The molecule has 112 valence electrons. The molecule has 1 saturated heterocycles. The molecule has 1 aromatic rings. The second kappa shape index (κ2) is 6.71. The van der Waals surface area contributed by atoms with Gasteiger partial charge in [-0.15, -0.1) is 0 Å². The van der Waals surface area contributed by atoms with E-state index in [4.69, 9.17) is 10.5 Å². The van der Waals surface area contributed by atoms with Gasteiger partial charge in [-0.25, -0.2) is 0 Å². The Balaban J connectivity index is 1.83. The molecule has 0 aliphatic carbocycles. The van der Waals surface area contributed by atoms with E-state index >= 15 is 0 Å². The highest BCUT2D eigenvalue weighted by molar-refractivity contribution is 5.77. The third-order valence-corrected chi connectivity index (χ3v) is 3.69. The van der Waals surface area contributed by atoms with E-state index in [9.17, 15) is 4.79 Å². The van der Waals surface area contributed by atoms with Crippen molar-refractivity contribution in [2.24, 2.45) is 12.8 Å². The van der Waals surface area contributed by atoms with Crippen molar-refractivity contribution in [1.82, 2.24) is 14.7 Å². The number of hydrogen-bond donors (Lipinski definition) is 1. The molecule has 0 aromatic carbocycles. The third-order valence-electron chi connectivity index (χ3n) is 3.69. The third kappa shape index (κ3) is 3.49. The second-order valence-corrected chi connectivity index (χ2v) is 5.04. The molecular weight excluding hydrogens is 258 g/mol. The number of ether oxygens (including phenoxy) is 1. The van der Waals surface area contributed by atoms with E-state index in [2.05, 4.69) is 10.00 Å². The van der Waals surface area contributed by atoms with E-state index < -0.39 is 0 Å². The number of aromatic nitrogens is 2. The zero-order valence-electron chi connectivity index (χ0n) is 12.2. The Bertz CT molecular complexity index is 436. The van der Waals surface area contributed by atoms with Crippen molar-refractivity contribution in [3.63, 3.8) is 0 Å². The molecule has 1 atom stereocenters. The summed E-state index contributed by atoms with van der Waals surface area (Å²) < 4.78 is 6.95. The minimum Gasteiger partial charge on any atom is -0.380 e. The molecule has 20 heavy (non-hydrogen) atoms. The molecular formula is C13H23N5O2. The number of hydrogen-bond acceptors (Lipinski definition) is 5. The lowest BCUT2D eigenvalue weighted by Crippen LogP contribution is -2.49. The van der Waals surface area contributed by atoms with Gasteiger partial charge in [0.2, 0.25) is 5.91 Å². The quantitative estimate of drug-likeness (QED) is 0.782. The first kappa shape index (κ1) is 14.8. The number of piperazine rings is 1. The molecule has 1 aliphatic rings. The van der Waals surface area contributed by atoms with Crippen LogP contribution in [0, 0.1) is 0 Å². The van der Waals surface area contributed by atoms with Gasteiger partial charge in [-0.05, 0) is 0 Å². The van der Waals surface area contributed by atoms with Gasteiger partial charge in [-0.2, -0.15) is 5.10 Å². The molecule has 2 N–H and O–H groups in total. The molecule has 2 rings (SSSR count). The van der Waals surface area contributed by atoms with Crippen molar-refractivity contribution in [1.29, 1.82) is 0 Å². The van der Waals surface area contributed by atoms with Crippen LogP contribution in [0.2, 0.25) is 0 Å². The number of rotatable bonds is 5. The molecule has 0 radical (unpaired) electrons. The molecule has 0 saturated carbocycles. The summed E-state index contributed by atoms with van der Waals surface area (Å²) >= 11 is 0. The molecule has 2 heterocycles. The van der Waals surface area contributed by atoms with E-state index in [1.807, 2.05) is 24.3 Å². The second-order valence-electron chi connectivity index (χ2n) is 5.04. The minimum absolute atomic E-state index is 0.119. The predicted molar refractivity (Wildman–Crippen MR) is 76.5 cm³/mol. The maximum Gasteiger partial charge on any atom is 0.225 e. The van der Waals surface area contributed by atoms with E-state index in [0.29, 0.717) is 13.0 Å². The average molecular weight is 281 g/mol. The molecule has 0 spiro atoms. The standard InChI is InChI=1S/C13H23N5O2/c1-16-10-11(9-15-16)17-3-5-18(6-4-17)13(19)7-12(8-14)20-2/h9-10,12H,3-8,14H2,1-2H3. The molecule has 0 bridgehead atoms. The highest BCUT2D eigenvalue weighted by Gasteiger charge is 2.23. The topological polar surface area (TPSA) is 76.6 Å². The normalized spacial score (nSPS) is 17.4. The summed E-state index contributed by atoms with van der Waals surface area (Å²) in [5, 5.41) is 4.17. The summed E-state index contributed by atoms with van der Waals surface area (Å²) in [6, 6.07) is 0. The van der Waals surface area contributed by atoms with Crippen molar-refractivity contribution >= 4 is 11.6 Å². The van der Waals surface area contributed by atoms with Crippen LogP contribution in [0.4, 0.5) is 5.69 Å². The van der Waals surface area contributed by atoms with Gasteiger partial charge in [0.1, 0.15) is 0 Å². The lowest BCUT2D eigenvalue weighted by Gasteiger charge is -2.35. The number of nitrogens with two attached hydrogens (primary N) is 1. The van der Waals surface area contributed by atoms with Crippen LogP contribution in [0.15, 0.2) is 12.4 Å². The smallest absolute Gasteiger partial charge is 0.225 e. The maximum absolute atomic E-state index is 12.1. The minimum atomic E-state index is -0.182. The first-order valence-electron chi connectivity index (χ1n) is 6.88. The monoisotopic (exact) mass is 281 g/mol. The van der Waals surface area contributed by atoms with Crippen LogP contribution < -0.4 is 10.6 Å². The summed E-state index contributed by atoms with van der Waals surface area (Å²) in [5.41, 5.74) is 6.66.